The largest absolute Gasteiger partial charge is 0.309 e. The summed E-state index contributed by atoms with van der Waals surface area (Å²) in [5.74, 6) is 0.999. The van der Waals surface area contributed by atoms with Crippen LogP contribution in [0.25, 0.3) is 0 Å². The van der Waals surface area contributed by atoms with E-state index in [1.165, 1.54) is 25.9 Å². The van der Waals surface area contributed by atoms with Crippen molar-refractivity contribution >= 4 is 0 Å². The molecule has 2 heteroatoms. The van der Waals surface area contributed by atoms with E-state index >= 15 is 0 Å². The average Bonchev–Trinajstić information content (AvgIpc) is 2.67. The molecule has 0 aromatic carbocycles. The molecular formula is C10H20N2. The molecular weight excluding hydrogens is 148 g/mol. The fourth-order valence-corrected chi connectivity index (χ4v) is 2.34. The minimum absolute atomic E-state index is 0.320. The topological polar surface area (TPSA) is 15.3 Å². The summed E-state index contributed by atoms with van der Waals surface area (Å²) in [6, 6.07) is 0.818. The summed E-state index contributed by atoms with van der Waals surface area (Å²) in [6.45, 7) is 6.95. The maximum Gasteiger partial charge on any atom is 0.0252 e. The Kier molecular flexibility index (Phi) is 1.92. The van der Waals surface area contributed by atoms with Crippen molar-refractivity contribution in [2.24, 2.45) is 5.92 Å². The lowest BCUT2D eigenvalue weighted by molar-refractivity contribution is 0.109. The number of nitrogens with one attached hydrogen (secondary N) is 1. The lowest BCUT2D eigenvalue weighted by atomic mass is 9.97. The molecule has 1 unspecified atom stereocenters. The molecule has 1 atom stereocenters. The third-order valence-electron chi connectivity index (χ3n) is 3.17. The zero-order chi connectivity index (χ0) is 8.77. The normalized spacial score (nSPS) is 36.8. The van der Waals surface area contributed by atoms with Crippen LogP contribution in [0.3, 0.4) is 0 Å². The van der Waals surface area contributed by atoms with Crippen LogP contribution in [0.15, 0.2) is 0 Å². The van der Waals surface area contributed by atoms with Crippen LogP contribution >= 0.6 is 0 Å². The Morgan fingerprint density at radius 1 is 1.33 bits per heavy atom. The van der Waals surface area contributed by atoms with Crippen molar-refractivity contribution in [3.05, 3.63) is 0 Å². The van der Waals surface area contributed by atoms with Gasteiger partial charge in [-0.05, 0) is 39.7 Å². The first-order valence-electron chi connectivity index (χ1n) is 5.04. The van der Waals surface area contributed by atoms with Gasteiger partial charge < -0.3 is 10.2 Å². The number of hydrogen-bond donors (Lipinski definition) is 1. The number of nitrogens with zero attached hydrogens (tertiary/aromatic N) is 1. The Morgan fingerprint density at radius 2 is 2.00 bits per heavy atom. The van der Waals surface area contributed by atoms with Crippen LogP contribution in [-0.4, -0.2) is 36.6 Å². The van der Waals surface area contributed by atoms with Crippen molar-refractivity contribution in [3.8, 4) is 0 Å². The third-order valence-corrected chi connectivity index (χ3v) is 3.17. The highest BCUT2D eigenvalue weighted by Gasteiger charge is 2.39. The predicted molar refractivity (Wildman–Crippen MR) is 51.2 cm³/mol. The smallest absolute Gasteiger partial charge is 0.0252 e. The molecule has 1 saturated heterocycles. The molecule has 1 aliphatic carbocycles. The summed E-state index contributed by atoms with van der Waals surface area (Å²) < 4.78 is 0. The fraction of sp³-hybridized carbons (Fsp3) is 1.00. The van der Waals surface area contributed by atoms with Crippen LogP contribution in [0.2, 0.25) is 0 Å². The van der Waals surface area contributed by atoms with Crippen LogP contribution < -0.4 is 5.32 Å². The van der Waals surface area contributed by atoms with Gasteiger partial charge >= 0.3 is 0 Å². The Labute approximate surface area is 75.3 Å². The van der Waals surface area contributed by atoms with Gasteiger partial charge in [-0.25, -0.2) is 0 Å². The van der Waals surface area contributed by atoms with Gasteiger partial charge in [0.2, 0.25) is 0 Å². The first kappa shape index (κ1) is 8.52. The maximum absolute atomic E-state index is 3.62. The second-order valence-electron chi connectivity index (χ2n) is 5.08. The Bertz CT molecular complexity index is 173. The highest BCUT2D eigenvalue weighted by atomic mass is 15.2. The quantitative estimate of drug-likeness (QED) is 0.630. The van der Waals surface area contributed by atoms with Gasteiger partial charge in [0.15, 0.2) is 0 Å². The molecule has 0 spiro atoms. The highest BCUT2D eigenvalue weighted by molar-refractivity contribution is 4.97. The molecule has 0 aromatic heterocycles. The highest BCUT2D eigenvalue weighted by Crippen LogP contribution is 2.36. The average molecular weight is 168 g/mol. The molecule has 2 aliphatic rings. The summed E-state index contributed by atoms with van der Waals surface area (Å²) in [5.41, 5.74) is 0.320. The molecule has 0 amide bonds. The summed E-state index contributed by atoms with van der Waals surface area (Å²) in [7, 11) is 2.27. The monoisotopic (exact) mass is 168 g/mol. The van der Waals surface area contributed by atoms with Crippen LogP contribution in [0, 0.1) is 5.92 Å². The van der Waals surface area contributed by atoms with Crippen LogP contribution in [0.5, 0.6) is 0 Å². The van der Waals surface area contributed by atoms with E-state index in [2.05, 4.69) is 31.1 Å². The fourth-order valence-electron chi connectivity index (χ4n) is 2.34. The van der Waals surface area contributed by atoms with Gasteiger partial charge in [-0.2, -0.15) is 0 Å². The molecule has 0 radical (unpaired) electrons. The van der Waals surface area contributed by atoms with E-state index in [9.17, 15) is 0 Å². The maximum atomic E-state index is 3.62. The molecule has 1 aliphatic heterocycles. The van der Waals surface area contributed by atoms with Gasteiger partial charge in [0, 0.05) is 24.7 Å². The van der Waals surface area contributed by atoms with E-state index < -0.39 is 0 Å². The number of likely N-dealkylation sites (N-methyl/N-ethyl adjacent to an activating group) is 1. The minimum atomic E-state index is 0.320. The predicted octanol–water partition coefficient (Wildman–Crippen LogP) is 1.08. The molecule has 2 fully saturated rings. The lowest BCUT2D eigenvalue weighted by Gasteiger charge is -2.43. The van der Waals surface area contributed by atoms with Gasteiger partial charge in [-0.3, -0.25) is 0 Å². The SMILES string of the molecule is CN1CC(C)(C)NCC1C1CC1. The number of rotatable bonds is 1. The zero-order valence-corrected chi connectivity index (χ0v) is 8.43. The molecule has 0 bridgehead atoms. The molecule has 12 heavy (non-hydrogen) atoms. The molecule has 0 aromatic rings. The third kappa shape index (κ3) is 1.64. The lowest BCUT2D eigenvalue weighted by Crippen LogP contribution is -2.60. The van der Waals surface area contributed by atoms with E-state index in [-0.39, 0.29) is 0 Å². The molecule has 2 nitrogen and oxygen atoms in total. The molecule has 1 saturated carbocycles. The molecule has 1 heterocycles. The number of hydrogen-bond acceptors (Lipinski definition) is 2. The number of piperazine rings is 1. The van der Waals surface area contributed by atoms with E-state index in [4.69, 9.17) is 0 Å². The van der Waals surface area contributed by atoms with E-state index in [1.807, 2.05) is 0 Å². The van der Waals surface area contributed by atoms with Crippen molar-refractivity contribution in [1.29, 1.82) is 0 Å². The van der Waals surface area contributed by atoms with Crippen molar-refractivity contribution in [2.75, 3.05) is 20.1 Å². The van der Waals surface area contributed by atoms with E-state index in [1.54, 1.807) is 0 Å². The first-order chi connectivity index (χ1) is 5.58. The molecule has 1 N–H and O–H groups in total. The van der Waals surface area contributed by atoms with Crippen molar-refractivity contribution < 1.29 is 0 Å². The summed E-state index contributed by atoms with van der Waals surface area (Å²) in [4.78, 5) is 2.54. The Hall–Kier alpha value is -0.0800. The van der Waals surface area contributed by atoms with Crippen molar-refractivity contribution in [2.45, 2.75) is 38.3 Å². The van der Waals surface area contributed by atoms with Gasteiger partial charge in [-0.1, -0.05) is 0 Å². The minimum Gasteiger partial charge on any atom is -0.309 e. The summed E-state index contributed by atoms with van der Waals surface area (Å²) in [5, 5.41) is 3.62. The molecule has 70 valence electrons. The van der Waals surface area contributed by atoms with Gasteiger partial charge in [0.05, 0.1) is 0 Å². The Balaban J connectivity index is 1.95. The molecule has 2 rings (SSSR count). The first-order valence-corrected chi connectivity index (χ1v) is 5.04. The zero-order valence-electron chi connectivity index (χ0n) is 8.43. The van der Waals surface area contributed by atoms with Gasteiger partial charge in [-0.15, -0.1) is 0 Å². The van der Waals surface area contributed by atoms with Crippen LogP contribution in [-0.2, 0) is 0 Å². The van der Waals surface area contributed by atoms with Gasteiger partial charge in [0.25, 0.3) is 0 Å². The summed E-state index contributed by atoms with van der Waals surface area (Å²) >= 11 is 0. The van der Waals surface area contributed by atoms with Crippen molar-refractivity contribution in [1.82, 2.24) is 10.2 Å². The van der Waals surface area contributed by atoms with Crippen molar-refractivity contribution in [3.63, 3.8) is 0 Å². The second-order valence-corrected chi connectivity index (χ2v) is 5.08. The van der Waals surface area contributed by atoms with Crippen LogP contribution in [0.4, 0.5) is 0 Å². The van der Waals surface area contributed by atoms with E-state index in [0.29, 0.717) is 5.54 Å². The Morgan fingerprint density at radius 3 is 2.50 bits per heavy atom. The van der Waals surface area contributed by atoms with Gasteiger partial charge in [0.1, 0.15) is 0 Å². The second kappa shape index (κ2) is 2.71. The van der Waals surface area contributed by atoms with E-state index in [0.717, 1.165) is 12.0 Å². The van der Waals surface area contributed by atoms with Crippen LogP contribution in [0.1, 0.15) is 26.7 Å². The standard InChI is InChI=1S/C10H20N2/c1-10(2)7-12(3)9(6-11-10)8-4-5-8/h8-9,11H,4-7H2,1-3H3. The summed E-state index contributed by atoms with van der Waals surface area (Å²) in [6.07, 6.45) is 2.91.